The summed E-state index contributed by atoms with van der Waals surface area (Å²) in [5, 5.41) is 29.7. The fraction of sp³-hybridized carbons (Fsp3) is 0.455. The first-order chi connectivity index (χ1) is 8.90. The van der Waals surface area contributed by atoms with E-state index in [2.05, 4.69) is 4.98 Å². The molecule has 2 N–H and O–H groups in total. The number of aliphatic hydroxyl groups is 1. The minimum absolute atomic E-state index is 0.00560. The zero-order chi connectivity index (χ0) is 14.2. The fourth-order valence-corrected chi connectivity index (χ4v) is 2.17. The van der Waals surface area contributed by atoms with Gasteiger partial charge in [0.15, 0.2) is 0 Å². The number of carbonyl (C=O) groups is 1. The lowest BCUT2D eigenvalue weighted by Crippen LogP contribution is -2.37. The molecular weight excluding hydrogens is 254 g/mol. The van der Waals surface area contributed by atoms with Gasteiger partial charge in [0.25, 0.3) is 0 Å². The van der Waals surface area contributed by atoms with E-state index in [9.17, 15) is 20.0 Å². The normalized spacial score (nSPS) is 22.5. The van der Waals surface area contributed by atoms with E-state index in [-0.39, 0.29) is 24.5 Å². The molecule has 0 bridgehead atoms. The van der Waals surface area contributed by atoms with Crippen molar-refractivity contribution in [2.45, 2.75) is 25.5 Å². The van der Waals surface area contributed by atoms with Crippen molar-refractivity contribution in [3.05, 3.63) is 27.9 Å². The smallest absolute Gasteiger partial charge is 0.326 e. The molecule has 0 aromatic carbocycles. The zero-order valence-electron chi connectivity index (χ0n) is 10.2. The Bertz CT molecular complexity index is 533. The standard InChI is InChI=1S/C11H13N3O5/c1-6-2-3-8(14(18)19)10(12-6)13-5-7(15)4-9(13)11(16)17/h2-3,7,9,15H,4-5H2,1H3,(H,16,17)/t7-,9-/m0/s1. The molecule has 102 valence electrons. The number of pyridine rings is 1. The second-order valence-electron chi connectivity index (χ2n) is 4.45. The van der Waals surface area contributed by atoms with Crippen molar-refractivity contribution in [2.24, 2.45) is 0 Å². The van der Waals surface area contributed by atoms with Crippen LogP contribution in [0.3, 0.4) is 0 Å². The van der Waals surface area contributed by atoms with Crippen LogP contribution in [-0.2, 0) is 4.79 Å². The van der Waals surface area contributed by atoms with Crippen LogP contribution < -0.4 is 4.90 Å². The van der Waals surface area contributed by atoms with Crippen LogP contribution in [0.1, 0.15) is 12.1 Å². The van der Waals surface area contributed by atoms with E-state index in [1.807, 2.05) is 0 Å². The number of hydrogen-bond acceptors (Lipinski definition) is 6. The molecule has 1 aliphatic heterocycles. The molecular formula is C11H13N3O5. The number of β-amino-alcohol motifs (C(OH)–C–C–N with tert-alkyl or cyclic N) is 1. The number of aryl methyl sites for hydroxylation is 1. The Hall–Kier alpha value is -2.22. The monoisotopic (exact) mass is 267 g/mol. The molecule has 2 rings (SSSR count). The Balaban J connectivity index is 2.47. The molecule has 8 nitrogen and oxygen atoms in total. The molecule has 1 aliphatic rings. The molecule has 0 saturated carbocycles. The summed E-state index contributed by atoms with van der Waals surface area (Å²) < 4.78 is 0. The van der Waals surface area contributed by atoms with Crippen LogP contribution in [-0.4, -0.2) is 44.8 Å². The molecule has 1 saturated heterocycles. The number of carboxylic acid groups (broad SMARTS) is 1. The highest BCUT2D eigenvalue weighted by Gasteiger charge is 2.39. The van der Waals surface area contributed by atoms with Gasteiger partial charge >= 0.3 is 11.7 Å². The summed E-state index contributed by atoms with van der Waals surface area (Å²) in [5.74, 6) is -1.14. The summed E-state index contributed by atoms with van der Waals surface area (Å²) >= 11 is 0. The number of hydrogen-bond donors (Lipinski definition) is 2. The molecule has 1 fully saturated rings. The van der Waals surface area contributed by atoms with Crippen LogP contribution in [0.15, 0.2) is 12.1 Å². The van der Waals surface area contributed by atoms with Crippen molar-refractivity contribution in [3.8, 4) is 0 Å². The summed E-state index contributed by atoms with van der Waals surface area (Å²) in [4.78, 5) is 26.8. The molecule has 8 heteroatoms. The zero-order valence-corrected chi connectivity index (χ0v) is 10.2. The van der Waals surface area contributed by atoms with Gasteiger partial charge < -0.3 is 15.1 Å². The van der Waals surface area contributed by atoms with E-state index in [0.29, 0.717) is 5.69 Å². The highest BCUT2D eigenvalue weighted by Crippen LogP contribution is 2.32. The molecule has 0 unspecified atom stereocenters. The Labute approximate surface area is 108 Å². The number of rotatable bonds is 3. The first-order valence-electron chi connectivity index (χ1n) is 5.69. The quantitative estimate of drug-likeness (QED) is 0.598. The third kappa shape index (κ3) is 2.48. The Morgan fingerprint density at radius 2 is 2.26 bits per heavy atom. The Kier molecular flexibility index (Phi) is 3.34. The largest absolute Gasteiger partial charge is 0.480 e. The number of aliphatic hydroxyl groups excluding tert-OH is 1. The predicted octanol–water partition coefficient (Wildman–Crippen LogP) is 0.322. The van der Waals surface area contributed by atoms with Gasteiger partial charge in [-0.15, -0.1) is 0 Å². The van der Waals surface area contributed by atoms with Gasteiger partial charge in [0.1, 0.15) is 6.04 Å². The molecule has 1 aromatic rings. The summed E-state index contributed by atoms with van der Waals surface area (Å²) in [6.45, 7) is 1.68. The molecule has 2 atom stereocenters. The Morgan fingerprint density at radius 3 is 2.84 bits per heavy atom. The molecule has 0 amide bonds. The minimum atomic E-state index is -1.13. The van der Waals surface area contributed by atoms with E-state index >= 15 is 0 Å². The minimum Gasteiger partial charge on any atom is -0.480 e. The van der Waals surface area contributed by atoms with E-state index in [4.69, 9.17) is 5.11 Å². The average molecular weight is 267 g/mol. The van der Waals surface area contributed by atoms with Crippen LogP contribution in [0.25, 0.3) is 0 Å². The molecule has 0 spiro atoms. The second kappa shape index (κ2) is 4.81. The summed E-state index contributed by atoms with van der Waals surface area (Å²) in [7, 11) is 0. The number of aliphatic carboxylic acids is 1. The first-order valence-corrected chi connectivity index (χ1v) is 5.69. The summed E-state index contributed by atoms with van der Waals surface area (Å²) in [5.41, 5.74) is 0.289. The number of aromatic nitrogens is 1. The van der Waals surface area contributed by atoms with Crippen molar-refractivity contribution in [1.29, 1.82) is 0 Å². The number of anilines is 1. The average Bonchev–Trinajstić information content (AvgIpc) is 2.70. The molecule has 19 heavy (non-hydrogen) atoms. The maximum atomic E-state index is 11.1. The van der Waals surface area contributed by atoms with Crippen LogP contribution in [0.5, 0.6) is 0 Å². The van der Waals surface area contributed by atoms with E-state index in [1.165, 1.54) is 17.0 Å². The van der Waals surface area contributed by atoms with Gasteiger partial charge in [-0.1, -0.05) is 0 Å². The SMILES string of the molecule is Cc1ccc([N+](=O)[O-])c(N2C[C@@H](O)C[C@H]2C(=O)O)n1. The summed E-state index contributed by atoms with van der Waals surface area (Å²) in [6, 6.07) is 1.79. The van der Waals surface area contributed by atoms with Crippen molar-refractivity contribution < 1.29 is 19.9 Å². The maximum absolute atomic E-state index is 11.1. The highest BCUT2D eigenvalue weighted by molar-refractivity contribution is 5.80. The van der Waals surface area contributed by atoms with E-state index in [1.54, 1.807) is 6.92 Å². The molecule has 2 heterocycles. The van der Waals surface area contributed by atoms with Gasteiger partial charge in [-0.25, -0.2) is 9.78 Å². The van der Waals surface area contributed by atoms with Crippen LogP contribution in [0, 0.1) is 17.0 Å². The van der Waals surface area contributed by atoms with Crippen LogP contribution in [0.4, 0.5) is 11.5 Å². The van der Waals surface area contributed by atoms with Crippen LogP contribution >= 0.6 is 0 Å². The van der Waals surface area contributed by atoms with Gasteiger partial charge in [0.2, 0.25) is 5.82 Å². The van der Waals surface area contributed by atoms with Crippen molar-refractivity contribution in [1.82, 2.24) is 4.98 Å². The third-order valence-electron chi connectivity index (χ3n) is 3.03. The lowest BCUT2D eigenvalue weighted by molar-refractivity contribution is -0.384. The van der Waals surface area contributed by atoms with Gasteiger partial charge in [-0.05, 0) is 13.0 Å². The number of carboxylic acids is 1. The maximum Gasteiger partial charge on any atom is 0.326 e. The van der Waals surface area contributed by atoms with Gasteiger partial charge in [-0.2, -0.15) is 0 Å². The molecule has 0 aliphatic carbocycles. The van der Waals surface area contributed by atoms with Gasteiger partial charge in [0, 0.05) is 24.7 Å². The van der Waals surface area contributed by atoms with Crippen molar-refractivity contribution in [3.63, 3.8) is 0 Å². The van der Waals surface area contributed by atoms with E-state index < -0.39 is 23.0 Å². The van der Waals surface area contributed by atoms with Gasteiger partial charge in [0.05, 0.1) is 11.0 Å². The van der Waals surface area contributed by atoms with E-state index in [0.717, 1.165) is 0 Å². The lowest BCUT2D eigenvalue weighted by atomic mass is 10.2. The molecule has 1 aromatic heterocycles. The third-order valence-corrected chi connectivity index (χ3v) is 3.03. The predicted molar refractivity (Wildman–Crippen MR) is 65.0 cm³/mol. The fourth-order valence-electron chi connectivity index (χ4n) is 2.17. The summed E-state index contributed by atoms with van der Waals surface area (Å²) in [6.07, 6.45) is -0.801. The lowest BCUT2D eigenvalue weighted by Gasteiger charge is -2.22. The number of nitrogens with zero attached hydrogens (tertiary/aromatic N) is 3. The topological polar surface area (TPSA) is 117 Å². The van der Waals surface area contributed by atoms with Crippen molar-refractivity contribution in [2.75, 3.05) is 11.4 Å². The Morgan fingerprint density at radius 1 is 1.58 bits per heavy atom. The first kappa shape index (κ1) is 13.2. The van der Waals surface area contributed by atoms with Crippen molar-refractivity contribution >= 4 is 17.5 Å². The van der Waals surface area contributed by atoms with Gasteiger partial charge in [-0.3, -0.25) is 10.1 Å². The number of nitro groups is 1. The highest BCUT2D eigenvalue weighted by atomic mass is 16.6. The van der Waals surface area contributed by atoms with Crippen LogP contribution in [0.2, 0.25) is 0 Å². The molecule has 0 radical (unpaired) electrons. The second-order valence-corrected chi connectivity index (χ2v) is 4.45.